The second kappa shape index (κ2) is 6.75. The van der Waals surface area contributed by atoms with Gasteiger partial charge in [0, 0.05) is 11.6 Å². The number of aliphatic carboxylic acids is 1. The van der Waals surface area contributed by atoms with Crippen molar-refractivity contribution in [3.05, 3.63) is 29.8 Å². The third kappa shape index (κ3) is 4.85. The summed E-state index contributed by atoms with van der Waals surface area (Å²) in [6.45, 7) is 8.25. The topological polar surface area (TPSA) is 49.8 Å². The first-order chi connectivity index (χ1) is 9.24. The minimum atomic E-state index is -0.790. The molecule has 0 bridgehead atoms. The molecule has 1 aromatic rings. The Morgan fingerprint density at radius 3 is 2.25 bits per heavy atom. The first-order valence-corrected chi connectivity index (χ1v) is 6.85. The number of ether oxygens (including phenoxy) is 1. The van der Waals surface area contributed by atoms with E-state index in [1.165, 1.54) is 5.56 Å². The van der Waals surface area contributed by atoms with Crippen LogP contribution >= 0.6 is 0 Å². The first-order valence-electron chi connectivity index (χ1n) is 6.85. The van der Waals surface area contributed by atoms with E-state index >= 15 is 0 Å². The molecule has 0 fully saturated rings. The fraction of sp³-hybridized carbons (Fsp3) is 0.562. The quantitative estimate of drug-likeness (QED) is 0.870. The molecule has 0 saturated carbocycles. The van der Waals surface area contributed by atoms with Crippen LogP contribution in [-0.4, -0.2) is 41.2 Å². The van der Waals surface area contributed by atoms with Crippen LogP contribution in [0.15, 0.2) is 24.3 Å². The Morgan fingerprint density at radius 2 is 1.85 bits per heavy atom. The van der Waals surface area contributed by atoms with E-state index in [0.717, 1.165) is 12.2 Å². The molecule has 0 aliphatic carbocycles. The molecule has 1 N–H and O–H groups in total. The van der Waals surface area contributed by atoms with Gasteiger partial charge in [-0.25, -0.2) is 0 Å². The van der Waals surface area contributed by atoms with Gasteiger partial charge in [0.05, 0.1) is 13.7 Å². The molecular formula is C16H25NO3. The van der Waals surface area contributed by atoms with Gasteiger partial charge in [-0.15, -0.1) is 0 Å². The number of carbonyl (C=O) groups is 1. The van der Waals surface area contributed by atoms with Crippen molar-refractivity contribution >= 4 is 5.97 Å². The van der Waals surface area contributed by atoms with Crippen molar-refractivity contribution < 1.29 is 14.6 Å². The molecule has 0 aliphatic rings. The zero-order chi connectivity index (χ0) is 15.3. The highest BCUT2D eigenvalue weighted by Crippen LogP contribution is 2.20. The molecule has 20 heavy (non-hydrogen) atoms. The molecule has 1 unspecified atom stereocenters. The third-order valence-electron chi connectivity index (χ3n) is 3.39. The minimum Gasteiger partial charge on any atom is -0.497 e. The molecule has 112 valence electrons. The number of carboxylic acids is 1. The highest BCUT2D eigenvalue weighted by atomic mass is 16.5. The molecule has 4 nitrogen and oxygen atoms in total. The van der Waals surface area contributed by atoms with E-state index < -0.39 is 5.97 Å². The number of carboxylic acid groups (broad SMARTS) is 1. The third-order valence-corrected chi connectivity index (χ3v) is 3.39. The smallest absolute Gasteiger partial charge is 0.317 e. The second-order valence-corrected chi connectivity index (χ2v) is 6.09. The molecule has 1 aromatic carbocycles. The zero-order valence-electron chi connectivity index (χ0n) is 13.0. The van der Waals surface area contributed by atoms with Crippen LogP contribution in [0.5, 0.6) is 5.75 Å². The molecule has 0 heterocycles. The summed E-state index contributed by atoms with van der Waals surface area (Å²) < 4.78 is 5.14. The number of nitrogens with zero attached hydrogens (tertiary/aromatic N) is 1. The van der Waals surface area contributed by atoms with Gasteiger partial charge in [0.2, 0.25) is 0 Å². The number of rotatable bonds is 6. The first kappa shape index (κ1) is 16.5. The number of hydrogen-bond acceptors (Lipinski definition) is 3. The van der Waals surface area contributed by atoms with E-state index in [-0.39, 0.29) is 18.1 Å². The molecule has 0 aromatic heterocycles. The lowest BCUT2D eigenvalue weighted by atomic mass is 9.99. The van der Waals surface area contributed by atoms with Crippen LogP contribution in [0.25, 0.3) is 0 Å². The van der Waals surface area contributed by atoms with Gasteiger partial charge in [-0.05, 0) is 51.8 Å². The van der Waals surface area contributed by atoms with Crippen LogP contribution in [0.4, 0.5) is 0 Å². The lowest BCUT2D eigenvalue weighted by Gasteiger charge is -2.39. The standard InChI is InChI=1S/C16H25NO3/c1-12(17(11-15(18)19)16(2,3)4)10-13-6-8-14(20-5)9-7-13/h6-9,12H,10-11H2,1-5H3,(H,18,19). The van der Waals surface area contributed by atoms with Crippen molar-refractivity contribution in [3.63, 3.8) is 0 Å². The molecule has 0 aliphatic heterocycles. The largest absolute Gasteiger partial charge is 0.497 e. The van der Waals surface area contributed by atoms with Gasteiger partial charge in [-0.1, -0.05) is 12.1 Å². The van der Waals surface area contributed by atoms with Crippen LogP contribution in [0.2, 0.25) is 0 Å². The Balaban J connectivity index is 2.78. The van der Waals surface area contributed by atoms with E-state index in [2.05, 4.69) is 6.92 Å². The van der Waals surface area contributed by atoms with Crippen molar-refractivity contribution in [2.45, 2.75) is 45.7 Å². The van der Waals surface area contributed by atoms with E-state index in [4.69, 9.17) is 9.84 Å². The number of methoxy groups -OCH3 is 1. The van der Waals surface area contributed by atoms with E-state index in [1.54, 1.807) is 7.11 Å². The maximum Gasteiger partial charge on any atom is 0.317 e. The maximum atomic E-state index is 11.0. The maximum absolute atomic E-state index is 11.0. The summed E-state index contributed by atoms with van der Waals surface area (Å²) in [7, 11) is 1.64. The van der Waals surface area contributed by atoms with Gasteiger partial charge >= 0.3 is 5.97 Å². The lowest BCUT2D eigenvalue weighted by molar-refractivity contribution is -0.140. The van der Waals surface area contributed by atoms with Crippen molar-refractivity contribution in [2.24, 2.45) is 0 Å². The van der Waals surface area contributed by atoms with E-state index in [1.807, 2.05) is 49.9 Å². The van der Waals surface area contributed by atoms with Crippen molar-refractivity contribution in [3.8, 4) is 5.75 Å². The summed E-state index contributed by atoms with van der Waals surface area (Å²) in [5.74, 6) is 0.0427. The molecule has 1 atom stereocenters. The Morgan fingerprint density at radius 1 is 1.30 bits per heavy atom. The fourth-order valence-corrected chi connectivity index (χ4v) is 2.41. The second-order valence-electron chi connectivity index (χ2n) is 6.09. The summed E-state index contributed by atoms with van der Waals surface area (Å²) >= 11 is 0. The summed E-state index contributed by atoms with van der Waals surface area (Å²) in [4.78, 5) is 13.1. The van der Waals surface area contributed by atoms with E-state index in [0.29, 0.717) is 0 Å². The number of hydrogen-bond donors (Lipinski definition) is 1. The zero-order valence-corrected chi connectivity index (χ0v) is 13.0. The Bertz CT molecular complexity index is 434. The highest BCUT2D eigenvalue weighted by molar-refractivity contribution is 5.69. The summed E-state index contributed by atoms with van der Waals surface area (Å²) in [6.07, 6.45) is 0.814. The van der Waals surface area contributed by atoms with Crippen molar-refractivity contribution in [1.29, 1.82) is 0 Å². The van der Waals surface area contributed by atoms with Crippen molar-refractivity contribution in [2.75, 3.05) is 13.7 Å². The Hall–Kier alpha value is -1.55. The Labute approximate surface area is 121 Å². The monoisotopic (exact) mass is 279 g/mol. The van der Waals surface area contributed by atoms with Gasteiger partial charge in [0.1, 0.15) is 5.75 Å². The molecule has 0 spiro atoms. The molecule has 0 amide bonds. The molecule has 1 rings (SSSR count). The fourth-order valence-electron chi connectivity index (χ4n) is 2.41. The molecule has 4 heteroatoms. The van der Waals surface area contributed by atoms with Crippen molar-refractivity contribution in [1.82, 2.24) is 4.90 Å². The molecular weight excluding hydrogens is 254 g/mol. The normalized spacial score (nSPS) is 13.3. The van der Waals surface area contributed by atoms with Crippen LogP contribution < -0.4 is 4.74 Å². The minimum absolute atomic E-state index is 0.0564. The average molecular weight is 279 g/mol. The van der Waals surface area contributed by atoms with Crippen LogP contribution in [0.3, 0.4) is 0 Å². The molecule has 0 radical (unpaired) electrons. The molecule has 0 saturated heterocycles. The highest BCUT2D eigenvalue weighted by Gasteiger charge is 2.28. The predicted octanol–water partition coefficient (Wildman–Crippen LogP) is 2.81. The lowest BCUT2D eigenvalue weighted by Crippen LogP contribution is -2.50. The van der Waals surface area contributed by atoms with Gasteiger partial charge in [-0.3, -0.25) is 9.69 Å². The predicted molar refractivity (Wildman–Crippen MR) is 80.3 cm³/mol. The van der Waals surface area contributed by atoms with Crippen LogP contribution in [0.1, 0.15) is 33.3 Å². The van der Waals surface area contributed by atoms with Gasteiger partial charge in [0.25, 0.3) is 0 Å². The summed E-state index contributed by atoms with van der Waals surface area (Å²) in [6, 6.07) is 8.06. The Kier molecular flexibility index (Phi) is 5.57. The summed E-state index contributed by atoms with van der Waals surface area (Å²) in [5.41, 5.74) is 1.00. The van der Waals surface area contributed by atoms with E-state index in [9.17, 15) is 4.79 Å². The van der Waals surface area contributed by atoms with Crippen LogP contribution in [-0.2, 0) is 11.2 Å². The summed E-state index contributed by atoms with van der Waals surface area (Å²) in [5, 5.41) is 9.07. The SMILES string of the molecule is COc1ccc(CC(C)N(CC(=O)O)C(C)(C)C)cc1. The average Bonchev–Trinajstić information content (AvgIpc) is 2.35. The van der Waals surface area contributed by atoms with Gasteiger partial charge < -0.3 is 9.84 Å². The number of benzene rings is 1. The van der Waals surface area contributed by atoms with Crippen LogP contribution in [0, 0.1) is 0 Å². The van der Waals surface area contributed by atoms with Gasteiger partial charge in [-0.2, -0.15) is 0 Å². The van der Waals surface area contributed by atoms with Gasteiger partial charge in [0.15, 0.2) is 0 Å².